The van der Waals surface area contributed by atoms with Crippen molar-refractivity contribution >= 4 is 42.9 Å². The van der Waals surface area contributed by atoms with Crippen molar-refractivity contribution in [3.63, 3.8) is 0 Å². The molecule has 0 bridgehead atoms. The molecule has 6 nitrogen and oxygen atoms in total. The lowest BCUT2D eigenvalue weighted by Gasteiger charge is -2.04. The van der Waals surface area contributed by atoms with Gasteiger partial charge in [0.2, 0.25) is 5.95 Å². The number of aryl methyl sites for hydroxylation is 1. The molecule has 8 heteroatoms. The average molecular weight is 333 g/mol. The standard InChI is InChI=1S/C10H13BrN4O2S/c1-18(16,17)4-2-3-15-9-8(14-10(15)12)5-7(11)6-13-9/h5-6H,2-4H2,1H3,(H2,12,14). The van der Waals surface area contributed by atoms with Gasteiger partial charge in [0, 0.05) is 23.5 Å². The Kier molecular flexibility index (Phi) is 3.58. The molecule has 0 unspecified atom stereocenters. The molecule has 0 saturated carbocycles. The molecule has 0 amide bonds. The summed E-state index contributed by atoms with van der Waals surface area (Å²) in [5.74, 6) is 0.479. The van der Waals surface area contributed by atoms with E-state index in [1.807, 2.05) is 6.07 Å². The van der Waals surface area contributed by atoms with Crippen molar-refractivity contribution in [2.45, 2.75) is 13.0 Å². The third-order valence-corrected chi connectivity index (χ3v) is 3.94. The van der Waals surface area contributed by atoms with E-state index in [1.165, 1.54) is 6.26 Å². The first-order valence-electron chi connectivity index (χ1n) is 5.32. The van der Waals surface area contributed by atoms with Crippen LogP contribution in [0.5, 0.6) is 0 Å². The number of aromatic nitrogens is 3. The molecule has 0 aliphatic heterocycles. The molecule has 0 aliphatic rings. The summed E-state index contributed by atoms with van der Waals surface area (Å²) >= 11 is 3.31. The second kappa shape index (κ2) is 4.85. The van der Waals surface area contributed by atoms with Crippen molar-refractivity contribution in [3.8, 4) is 0 Å². The summed E-state index contributed by atoms with van der Waals surface area (Å²) in [5, 5.41) is 0. The van der Waals surface area contributed by atoms with Crippen molar-refractivity contribution in [1.82, 2.24) is 14.5 Å². The summed E-state index contributed by atoms with van der Waals surface area (Å²) in [4.78, 5) is 8.43. The lowest BCUT2D eigenvalue weighted by molar-refractivity contribution is 0.593. The fourth-order valence-electron chi connectivity index (χ4n) is 1.71. The highest BCUT2D eigenvalue weighted by Crippen LogP contribution is 2.19. The normalized spacial score (nSPS) is 12.1. The van der Waals surface area contributed by atoms with E-state index in [0.29, 0.717) is 30.1 Å². The van der Waals surface area contributed by atoms with Gasteiger partial charge in [-0.05, 0) is 28.4 Å². The first-order valence-corrected chi connectivity index (χ1v) is 8.17. The monoisotopic (exact) mass is 332 g/mol. The number of nitrogens with two attached hydrogens (primary N) is 1. The lowest BCUT2D eigenvalue weighted by atomic mass is 10.4. The Morgan fingerprint density at radius 3 is 2.89 bits per heavy atom. The molecule has 98 valence electrons. The highest BCUT2D eigenvalue weighted by molar-refractivity contribution is 9.10. The van der Waals surface area contributed by atoms with Crippen LogP contribution in [0.4, 0.5) is 5.95 Å². The second-order valence-electron chi connectivity index (χ2n) is 4.10. The second-order valence-corrected chi connectivity index (χ2v) is 7.28. The maximum atomic E-state index is 11.1. The average Bonchev–Trinajstić information content (AvgIpc) is 2.52. The predicted octanol–water partition coefficient (Wildman–Crippen LogP) is 1.21. The molecule has 2 N–H and O–H groups in total. The fourth-order valence-corrected chi connectivity index (χ4v) is 2.68. The molecule has 2 heterocycles. The number of fused-ring (bicyclic) bond motifs is 1. The van der Waals surface area contributed by atoms with Crippen molar-refractivity contribution in [2.75, 3.05) is 17.7 Å². The highest BCUT2D eigenvalue weighted by Gasteiger charge is 2.10. The van der Waals surface area contributed by atoms with Crippen LogP contribution in [0, 0.1) is 0 Å². The maximum absolute atomic E-state index is 11.1. The van der Waals surface area contributed by atoms with Gasteiger partial charge < -0.3 is 5.73 Å². The number of nitrogens with zero attached hydrogens (tertiary/aromatic N) is 3. The molecule has 0 atom stereocenters. The van der Waals surface area contributed by atoms with E-state index in [4.69, 9.17) is 5.73 Å². The Labute approximate surface area is 113 Å². The van der Waals surface area contributed by atoms with Gasteiger partial charge in [-0.15, -0.1) is 0 Å². The topological polar surface area (TPSA) is 90.9 Å². The Hall–Kier alpha value is -1.15. The summed E-state index contributed by atoms with van der Waals surface area (Å²) in [5.41, 5.74) is 7.17. The molecule has 0 saturated heterocycles. The van der Waals surface area contributed by atoms with Gasteiger partial charge in [-0.1, -0.05) is 0 Å². The quantitative estimate of drug-likeness (QED) is 0.908. The molecule has 0 radical (unpaired) electrons. The van der Waals surface area contributed by atoms with E-state index in [2.05, 4.69) is 25.9 Å². The first-order chi connectivity index (χ1) is 8.37. The molecule has 18 heavy (non-hydrogen) atoms. The molecular weight excluding hydrogens is 320 g/mol. The Balaban J connectivity index is 2.25. The van der Waals surface area contributed by atoms with Crippen LogP contribution in [0.3, 0.4) is 0 Å². The van der Waals surface area contributed by atoms with Gasteiger partial charge >= 0.3 is 0 Å². The van der Waals surface area contributed by atoms with Crippen LogP contribution >= 0.6 is 15.9 Å². The predicted molar refractivity (Wildman–Crippen MR) is 74.0 cm³/mol. The van der Waals surface area contributed by atoms with Crippen LogP contribution < -0.4 is 5.73 Å². The maximum Gasteiger partial charge on any atom is 0.202 e. The van der Waals surface area contributed by atoms with Crippen LogP contribution in [0.15, 0.2) is 16.7 Å². The summed E-state index contributed by atoms with van der Waals surface area (Å²) in [7, 11) is -2.95. The SMILES string of the molecule is CS(=O)(=O)CCCn1c(N)nc2cc(Br)cnc21. The van der Waals surface area contributed by atoms with E-state index in [1.54, 1.807) is 10.8 Å². The number of pyridine rings is 1. The van der Waals surface area contributed by atoms with Gasteiger partial charge in [-0.3, -0.25) is 4.57 Å². The minimum absolute atomic E-state index is 0.128. The van der Waals surface area contributed by atoms with Gasteiger partial charge in [0.1, 0.15) is 15.4 Å². The van der Waals surface area contributed by atoms with Crippen molar-refractivity contribution in [2.24, 2.45) is 0 Å². The number of imidazole rings is 1. The zero-order valence-corrected chi connectivity index (χ0v) is 12.2. The highest BCUT2D eigenvalue weighted by atomic mass is 79.9. The van der Waals surface area contributed by atoms with Gasteiger partial charge in [-0.25, -0.2) is 18.4 Å². The van der Waals surface area contributed by atoms with E-state index >= 15 is 0 Å². The number of rotatable bonds is 4. The van der Waals surface area contributed by atoms with Gasteiger partial charge in [0.15, 0.2) is 5.65 Å². The minimum atomic E-state index is -2.95. The minimum Gasteiger partial charge on any atom is -0.369 e. The number of hydrogen-bond donors (Lipinski definition) is 1. The Morgan fingerprint density at radius 1 is 1.50 bits per heavy atom. The summed E-state index contributed by atoms with van der Waals surface area (Å²) in [6.45, 7) is 0.490. The van der Waals surface area contributed by atoms with Crippen molar-refractivity contribution in [1.29, 1.82) is 0 Å². The molecule has 0 spiro atoms. The smallest absolute Gasteiger partial charge is 0.202 e. The first kappa shape index (κ1) is 13.3. The summed E-state index contributed by atoms with van der Waals surface area (Å²) < 4.78 is 24.7. The zero-order chi connectivity index (χ0) is 13.3. The fraction of sp³-hybridized carbons (Fsp3) is 0.400. The molecule has 0 aliphatic carbocycles. The van der Waals surface area contributed by atoms with E-state index in [0.717, 1.165) is 4.47 Å². The number of anilines is 1. The molecule has 0 fully saturated rings. The molecular formula is C10H13BrN4O2S. The van der Waals surface area contributed by atoms with Gasteiger partial charge in [0.25, 0.3) is 0 Å². The van der Waals surface area contributed by atoms with Crippen molar-refractivity contribution < 1.29 is 8.42 Å². The zero-order valence-electron chi connectivity index (χ0n) is 9.80. The van der Waals surface area contributed by atoms with E-state index in [9.17, 15) is 8.42 Å². The molecule has 2 aromatic heterocycles. The van der Waals surface area contributed by atoms with Gasteiger partial charge in [-0.2, -0.15) is 0 Å². The summed E-state index contributed by atoms with van der Waals surface area (Å²) in [6.07, 6.45) is 3.38. The number of nitrogen functional groups attached to an aromatic ring is 1. The van der Waals surface area contributed by atoms with Crippen LogP contribution in [0.25, 0.3) is 11.2 Å². The number of hydrogen-bond acceptors (Lipinski definition) is 5. The van der Waals surface area contributed by atoms with Crippen molar-refractivity contribution in [3.05, 3.63) is 16.7 Å². The van der Waals surface area contributed by atoms with Crippen LogP contribution in [0.1, 0.15) is 6.42 Å². The van der Waals surface area contributed by atoms with E-state index < -0.39 is 9.84 Å². The Morgan fingerprint density at radius 2 is 2.22 bits per heavy atom. The van der Waals surface area contributed by atoms with Crippen LogP contribution in [-0.4, -0.2) is 35.0 Å². The molecule has 2 aromatic rings. The van der Waals surface area contributed by atoms with Crippen LogP contribution in [0.2, 0.25) is 0 Å². The third-order valence-electron chi connectivity index (χ3n) is 2.48. The number of sulfone groups is 1. The number of halogens is 1. The third kappa shape index (κ3) is 2.99. The molecule has 2 rings (SSSR count). The van der Waals surface area contributed by atoms with Crippen LogP contribution in [-0.2, 0) is 16.4 Å². The summed E-state index contributed by atoms with van der Waals surface area (Å²) in [6, 6.07) is 1.83. The van der Waals surface area contributed by atoms with Gasteiger partial charge in [0.05, 0.1) is 5.75 Å². The van der Waals surface area contributed by atoms with E-state index in [-0.39, 0.29) is 5.75 Å². The molecule has 0 aromatic carbocycles. The Bertz CT molecular complexity index is 680. The largest absolute Gasteiger partial charge is 0.369 e. The lowest BCUT2D eigenvalue weighted by Crippen LogP contribution is -2.09.